The SMILES string of the molecule is CC/C=C\C/C=C\C/C=C\C/C=C\C/C=C\C/C=C\C/C=C\C/C=C\CCCCCCCCCCC(=O)OCC(COC(=O)CCCCCCCCCCCCC)OC(=O)CCCCCCCCCCCCCC. The number of esters is 3. The summed E-state index contributed by atoms with van der Waals surface area (Å²) in [6, 6.07) is 0. The number of carbonyl (C=O) groups is 3. The number of ether oxygens (including phenoxy) is 3. The van der Waals surface area contributed by atoms with Gasteiger partial charge in [0.05, 0.1) is 0 Å². The van der Waals surface area contributed by atoms with Crippen LogP contribution in [-0.2, 0) is 28.6 Å². The van der Waals surface area contributed by atoms with Gasteiger partial charge in [-0.3, -0.25) is 14.4 Å². The molecule has 0 rings (SSSR count). The van der Waals surface area contributed by atoms with Crippen molar-refractivity contribution >= 4 is 17.9 Å². The second kappa shape index (κ2) is 61.9. The van der Waals surface area contributed by atoms with Crippen molar-refractivity contribution in [1.82, 2.24) is 0 Å². The standard InChI is InChI=1S/C68H116O6/c1-4-7-10-13-16-19-22-24-25-26-27-28-29-30-31-32-33-34-35-36-37-38-39-40-41-42-43-44-47-49-52-55-58-61-67(70)73-64-65(63-72-66(69)60-57-54-51-48-45-21-18-15-12-9-6-3)74-68(71)62-59-56-53-50-46-23-20-17-14-11-8-5-2/h7,10,16,19,24-25,27-28,30-31,33-34,36-37,39-40,65H,4-6,8-9,11-15,17-18,20-23,26,29,32,35,38,41-64H2,1-3H3/b10-7-,19-16-,25-24-,28-27-,31-30-,34-33-,37-36-,40-39-. The predicted molar refractivity (Wildman–Crippen MR) is 320 cm³/mol. The second-order valence-corrected chi connectivity index (χ2v) is 20.6. The third-order valence-electron chi connectivity index (χ3n) is 13.4. The van der Waals surface area contributed by atoms with Crippen molar-refractivity contribution < 1.29 is 28.6 Å². The molecule has 0 aromatic carbocycles. The highest BCUT2D eigenvalue weighted by atomic mass is 16.6. The summed E-state index contributed by atoms with van der Waals surface area (Å²) >= 11 is 0. The van der Waals surface area contributed by atoms with Gasteiger partial charge in [-0.25, -0.2) is 0 Å². The fourth-order valence-corrected chi connectivity index (χ4v) is 8.69. The van der Waals surface area contributed by atoms with Crippen LogP contribution in [0.25, 0.3) is 0 Å². The van der Waals surface area contributed by atoms with Gasteiger partial charge in [0, 0.05) is 19.3 Å². The first-order valence-corrected chi connectivity index (χ1v) is 31.2. The van der Waals surface area contributed by atoms with E-state index in [1.165, 1.54) is 141 Å². The molecular weight excluding hydrogens is 913 g/mol. The Balaban J connectivity index is 4.18. The summed E-state index contributed by atoms with van der Waals surface area (Å²) in [6.45, 7) is 6.52. The maximum absolute atomic E-state index is 12.8. The van der Waals surface area contributed by atoms with Gasteiger partial charge in [-0.2, -0.15) is 0 Å². The van der Waals surface area contributed by atoms with E-state index in [-0.39, 0.29) is 31.1 Å². The van der Waals surface area contributed by atoms with Crippen LogP contribution >= 0.6 is 0 Å². The van der Waals surface area contributed by atoms with Crippen LogP contribution in [0, 0.1) is 0 Å². The summed E-state index contributed by atoms with van der Waals surface area (Å²) in [4.78, 5) is 38.1. The van der Waals surface area contributed by atoms with Crippen LogP contribution in [0.2, 0.25) is 0 Å². The van der Waals surface area contributed by atoms with Crippen LogP contribution < -0.4 is 0 Å². The Morgan fingerprint density at radius 1 is 0.284 bits per heavy atom. The summed E-state index contributed by atoms with van der Waals surface area (Å²) in [7, 11) is 0. The van der Waals surface area contributed by atoms with Gasteiger partial charge in [0.2, 0.25) is 0 Å². The lowest BCUT2D eigenvalue weighted by atomic mass is 10.0. The minimum atomic E-state index is -0.776. The van der Waals surface area contributed by atoms with Crippen LogP contribution in [0.5, 0.6) is 0 Å². The lowest BCUT2D eigenvalue weighted by Gasteiger charge is -2.18. The third-order valence-corrected chi connectivity index (χ3v) is 13.4. The number of unbranched alkanes of at least 4 members (excludes halogenated alkanes) is 29. The lowest BCUT2D eigenvalue weighted by Crippen LogP contribution is -2.30. The first kappa shape index (κ1) is 70.3. The number of hydrogen-bond acceptors (Lipinski definition) is 6. The highest BCUT2D eigenvalue weighted by molar-refractivity contribution is 5.71. The fraction of sp³-hybridized carbons (Fsp3) is 0.721. The molecule has 0 fully saturated rings. The summed E-state index contributed by atoms with van der Waals surface area (Å²) in [6.07, 6.45) is 82.7. The van der Waals surface area contributed by atoms with Gasteiger partial charge in [0.1, 0.15) is 13.2 Å². The zero-order valence-electron chi connectivity index (χ0n) is 48.6. The fourth-order valence-electron chi connectivity index (χ4n) is 8.69. The van der Waals surface area contributed by atoms with Gasteiger partial charge in [-0.05, 0) is 83.5 Å². The van der Waals surface area contributed by atoms with Crippen molar-refractivity contribution in [3.05, 3.63) is 97.2 Å². The summed E-state index contributed by atoms with van der Waals surface area (Å²) in [5, 5.41) is 0. The summed E-state index contributed by atoms with van der Waals surface area (Å²) in [5.74, 6) is -0.876. The molecule has 0 aliphatic rings. The van der Waals surface area contributed by atoms with E-state index in [1.807, 2.05) is 0 Å². The molecule has 0 radical (unpaired) electrons. The van der Waals surface area contributed by atoms with Crippen molar-refractivity contribution in [3.63, 3.8) is 0 Å². The highest BCUT2D eigenvalue weighted by Crippen LogP contribution is 2.16. The Morgan fingerprint density at radius 3 is 0.824 bits per heavy atom. The monoisotopic (exact) mass is 1030 g/mol. The van der Waals surface area contributed by atoms with Gasteiger partial charge in [-0.1, -0.05) is 291 Å². The molecule has 0 aliphatic carbocycles. The Morgan fingerprint density at radius 2 is 0.527 bits per heavy atom. The summed E-state index contributed by atoms with van der Waals surface area (Å²) < 4.78 is 16.9. The van der Waals surface area contributed by atoms with Crippen LogP contribution in [-0.4, -0.2) is 37.2 Å². The molecule has 0 saturated heterocycles. The molecule has 6 nitrogen and oxygen atoms in total. The molecule has 0 aliphatic heterocycles. The van der Waals surface area contributed by atoms with Crippen molar-refractivity contribution in [2.75, 3.05) is 13.2 Å². The van der Waals surface area contributed by atoms with Gasteiger partial charge < -0.3 is 14.2 Å². The Bertz CT molecular complexity index is 1460. The summed E-state index contributed by atoms with van der Waals surface area (Å²) in [5.41, 5.74) is 0. The largest absolute Gasteiger partial charge is 0.462 e. The Kier molecular flexibility index (Phi) is 58.8. The van der Waals surface area contributed by atoms with Crippen molar-refractivity contribution in [2.24, 2.45) is 0 Å². The van der Waals surface area contributed by atoms with Crippen LogP contribution in [0.1, 0.15) is 297 Å². The molecule has 424 valence electrons. The molecule has 6 heteroatoms. The van der Waals surface area contributed by atoms with Gasteiger partial charge in [-0.15, -0.1) is 0 Å². The zero-order valence-corrected chi connectivity index (χ0v) is 48.6. The van der Waals surface area contributed by atoms with Gasteiger partial charge in [0.25, 0.3) is 0 Å². The van der Waals surface area contributed by atoms with E-state index in [0.717, 1.165) is 116 Å². The number of allylic oxidation sites excluding steroid dienone is 16. The quantitative estimate of drug-likeness (QED) is 0.0261. The molecule has 1 atom stereocenters. The van der Waals surface area contributed by atoms with E-state index in [1.54, 1.807) is 0 Å². The average molecular weight is 1030 g/mol. The van der Waals surface area contributed by atoms with Crippen LogP contribution in [0.15, 0.2) is 97.2 Å². The molecule has 0 bridgehead atoms. The molecule has 0 aromatic heterocycles. The maximum atomic E-state index is 12.8. The van der Waals surface area contributed by atoms with Crippen molar-refractivity contribution in [3.8, 4) is 0 Å². The number of carbonyl (C=O) groups excluding carboxylic acids is 3. The normalized spacial score (nSPS) is 12.7. The highest BCUT2D eigenvalue weighted by Gasteiger charge is 2.19. The first-order chi connectivity index (χ1) is 36.5. The second-order valence-electron chi connectivity index (χ2n) is 20.6. The van der Waals surface area contributed by atoms with Crippen molar-refractivity contribution in [2.45, 2.75) is 303 Å². The van der Waals surface area contributed by atoms with Crippen molar-refractivity contribution in [1.29, 1.82) is 0 Å². The average Bonchev–Trinajstić information content (AvgIpc) is 3.40. The van der Waals surface area contributed by atoms with E-state index in [0.29, 0.717) is 19.3 Å². The third kappa shape index (κ3) is 59.2. The Hall–Kier alpha value is -3.67. The predicted octanol–water partition coefficient (Wildman–Crippen LogP) is 21.3. The van der Waals surface area contributed by atoms with E-state index in [2.05, 4.69) is 118 Å². The molecule has 0 heterocycles. The molecule has 0 aromatic rings. The Labute approximate surface area is 457 Å². The molecule has 0 N–H and O–H groups in total. The molecule has 74 heavy (non-hydrogen) atoms. The topological polar surface area (TPSA) is 78.9 Å². The van der Waals surface area contributed by atoms with E-state index in [9.17, 15) is 14.4 Å². The maximum Gasteiger partial charge on any atom is 0.306 e. The molecule has 0 amide bonds. The van der Waals surface area contributed by atoms with Gasteiger partial charge in [0.15, 0.2) is 6.10 Å². The molecule has 0 spiro atoms. The minimum absolute atomic E-state index is 0.0751. The van der Waals surface area contributed by atoms with E-state index in [4.69, 9.17) is 14.2 Å². The van der Waals surface area contributed by atoms with Crippen LogP contribution in [0.4, 0.5) is 0 Å². The van der Waals surface area contributed by atoms with Crippen LogP contribution in [0.3, 0.4) is 0 Å². The number of rotatable bonds is 56. The van der Waals surface area contributed by atoms with Gasteiger partial charge >= 0.3 is 17.9 Å². The molecule has 0 saturated carbocycles. The molecule has 1 unspecified atom stereocenters. The minimum Gasteiger partial charge on any atom is -0.462 e. The smallest absolute Gasteiger partial charge is 0.306 e. The zero-order chi connectivity index (χ0) is 53.6. The first-order valence-electron chi connectivity index (χ1n) is 31.2. The van der Waals surface area contributed by atoms with E-state index < -0.39 is 6.10 Å². The number of hydrogen-bond donors (Lipinski definition) is 0. The molecular formula is C68H116O6. The lowest BCUT2D eigenvalue weighted by molar-refractivity contribution is -0.167. The van der Waals surface area contributed by atoms with E-state index >= 15 is 0 Å².